The summed E-state index contributed by atoms with van der Waals surface area (Å²) in [6.45, 7) is 1.05. The Bertz CT molecular complexity index is 535. The van der Waals surface area contributed by atoms with Crippen LogP contribution in [0, 0.1) is 0 Å². The van der Waals surface area contributed by atoms with Crippen molar-refractivity contribution in [2.24, 2.45) is 0 Å². The quantitative estimate of drug-likeness (QED) is 0.821. The minimum atomic E-state index is 0. The van der Waals surface area contributed by atoms with Crippen LogP contribution < -0.4 is 5.32 Å². The molecule has 3 rings (SSSR count). The van der Waals surface area contributed by atoms with Crippen LogP contribution >= 0.6 is 12.4 Å². The van der Waals surface area contributed by atoms with Gasteiger partial charge in [-0.25, -0.2) is 0 Å². The first-order valence-electron chi connectivity index (χ1n) is 6.30. The molecule has 0 bridgehead atoms. The number of phenols is 1. The summed E-state index contributed by atoms with van der Waals surface area (Å²) in [5.74, 6) is 0.420. The van der Waals surface area contributed by atoms with Crippen LogP contribution in [0.3, 0.4) is 0 Å². The zero-order chi connectivity index (χ0) is 11.7. The van der Waals surface area contributed by atoms with E-state index in [0.29, 0.717) is 11.8 Å². The van der Waals surface area contributed by atoms with Crippen LogP contribution in [0.25, 0.3) is 10.8 Å². The van der Waals surface area contributed by atoms with Gasteiger partial charge in [0.2, 0.25) is 0 Å². The molecule has 1 fully saturated rings. The maximum atomic E-state index is 10.1. The molecule has 3 heteroatoms. The van der Waals surface area contributed by atoms with Crippen molar-refractivity contribution in [1.82, 2.24) is 5.32 Å². The van der Waals surface area contributed by atoms with E-state index >= 15 is 0 Å². The van der Waals surface area contributed by atoms with Gasteiger partial charge in [0.15, 0.2) is 0 Å². The van der Waals surface area contributed by atoms with Crippen LogP contribution in [0.5, 0.6) is 5.75 Å². The molecule has 2 aromatic rings. The Balaban J connectivity index is 0.00000120. The van der Waals surface area contributed by atoms with Gasteiger partial charge in [0, 0.05) is 11.6 Å². The van der Waals surface area contributed by atoms with Gasteiger partial charge >= 0.3 is 0 Å². The van der Waals surface area contributed by atoms with E-state index in [1.807, 2.05) is 24.3 Å². The van der Waals surface area contributed by atoms with Crippen LogP contribution in [-0.2, 0) is 0 Å². The van der Waals surface area contributed by atoms with Gasteiger partial charge in [-0.1, -0.05) is 36.8 Å². The molecular weight excluding hydrogens is 246 g/mol. The first kappa shape index (κ1) is 13.2. The number of aromatic hydroxyl groups is 1. The smallest absolute Gasteiger partial charge is 0.120 e. The standard InChI is InChI=1S/C15H17NO.ClH/c17-14-9-8-11-5-1-2-6-12(11)15(14)13-7-3-4-10-16-13;/h1-2,5-6,8-9,13,16-17H,3-4,7,10H2;1H/t13-;/m0./s1. The van der Waals surface area contributed by atoms with Crippen molar-refractivity contribution >= 4 is 23.2 Å². The van der Waals surface area contributed by atoms with Crippen molar-refractivity contribution in [1.29, 1.82) is 0 Å². The molecule has 0 amide bonds. The Labute approximate surface area is 113 Å². The average Bonchev–Trinajstić information content (AvgIpc) is 2.39. The summed E-state index contributed by atoms with van der Waals surface area (Å²) in [7, 11) is 0. The van der Waals surface area contributed by atoms with Gasteiger partial charge in [-0.2, -0.15) is 0 Å². The van der Waals surface area contributed by atoms with Crippen LogP contribution in [0.15, 0.2) is 36.4 Å². The molecule has 1 aliphatic heterocycles. The third-order valence-corrected chi connectivity index (χ3v) is 3.61. The summed E-state index contributed by atoms with van der Waals surface area (Å²) < 4.78 is 0. The molecule has 0 radical (unpaired) electrons. The number of piperidine rings is 1. The monoisotopic (exact) mass is 263 g/mol. The zero-order valence-electron chi connectivity index (χ0n) is 10.2. The molecule has 1 atom stereocenters. The predicted octanol–water partition coefficient (Wildman–Crippen LogP) is 3.78. The van der Waals surface area contributed by atoms with Crippen LogP contribution in [0.2, 0.25) is 0 Å². The summed E-state index contributed by atoms with van der Waals surface area (Å²) in [6.07, 6.45) is 3.59. The van der Waals surface area contributed by atoms with E-state index < -0.39 is 0 Å². The number of hydrogen-bond acceptors (Lipinski definition) is 2. The lowest BCUT2D eigenvalue weighted by molar-refractivity contribution is 0.393. The molecule has 0 aliphatic carbocycles. The van der Waals surface area contributed by atoms with Crippen molar-refractivity contribution in [2.45, 2.75) is 25.3 Å². The first-order chi connectivity index (χ1) is 8.36. The third kappa shape index (κ3) is 2.31. The highest BCUT2D eigenvalue weighted by molar-refractivity contribution is 5.88. The average molecular weight is 264 g/mol. The Morgan fingerprint density at radius 1 is 1.06 bits per heavy atom. The summed E-state index contributed by atoms with van der Waals surface area (Å²) in [5.41, 5.74) is 1.07. The zero-order valence-corrected chi connectivity index (χ0v) is 11.0. The second-order valence-corrected chi connectivity index (χ2v) is 4.72. The van der Waals surface area contributed by atoms with Crippen molar-refractivity contribution in [3.8, 4) is 5.75 Å². The minimum Gasteiger partial charge on any atom is -0.508 e. The van der Waals surface area contributed by atoms with Crippen molar-refractivity contribution in [3.05, 3.63) is 42.0 Å². The van der Waals surface area contributed by atoms with Crippen molar-refractivity contribution < 1.29 is 5.11 Å². The molecule has 2 nitrogen and oxygen atoms in total. The molecule has 2 aromatic carbocycles. The normalized spacial score (nSPS) is 19.4. The van der Waals surface area contributed by atoms with E-state index in [4.69, 9.17) is 0 Å². The van der Waals surface area contributed by atoms with Gasteiger partial charge in [0.05, 0.1) is 0 Å². The van der Waals surface area contributed by atoms with E-state index in [0.717, 1.165) is 18.5 Å². The van der Waals surface area contributed by atoms with Crippen LogP contribution in [0.4, 0.5) is 0 Å². The molecule has 1 heterocycles. The number of phenolic OH excluding ortho intramolecular Hbond substituents is 1. The van der Waals surface area contributed by atoms with E-state index in [1.54, 1.807) is 0 Å². The highest BCUT2D eigenvalue weighted by Gasteiger charge is 2.19. The Morgan fingerprint density at radius 2 is 1.89 bits per heavy atom. The number of halogens is 1. The summed E-state index contributed by atoms with van der Waals surface area (Å²) in [5, 5.41) is 16.0. The van der Waals surface area contributed by atoms with E-state index in [9.17, 15) is 5.11 Å². The fourth-order valence-electron chi connectivity index (χ4n) is 2.75. The van der Waals surface area contributed by atoms with Crippen molar-refractivity contribution in [3.63, 3.8) is 0 Å². The summed E-state index contributed by atoms with van der Waals surface area (Å²) in [4.78, 5) is 0. The summed E-state index contributed by atoms with van der Waals surface area (Å²) in [6, 6.07) is 12.4. The van der Waals surface area contributed by atoms with Gasteiger partial charge in [-0.15, -0.1) is 12.4 Å². The van der Waals surface area contributed by atoms with Gasteiger partial charge < -0.3 is 10.4 Å². The lowest BCUT2D eigenvalue weighted by atomic mass is 9.92. The maximum absolute atomic E-state index is 10.1. The fourth-order valence-corrected chi connectivity index (χ4v) is 2.75. The number of rotatable bonds is 1. The number of hydrogen-bond donors (Lipinski definition) is 2. The highest BCUT2D eigenvalue weighted by atomic mass is 35.5. The second kappa shape index (κ2) is 5.59. The van der Waals surface area contributed by atoms with Gasteiger partial charge in [-0.05, 0) is 36.2 Å². The first-order valence-corrected chi connectivity index (χ1v) is 6.30. The number of nitrogens with one attached hydrogen (secondary N) is 1. The molecular formula is C15H18ClNO. The molecule has 0 spiro atoms. The lowest BCUT2D eigenvalue weighted by Gasteiger charge is -2.25. The third-order valence-electron chi connectivity index (χ3n) is 3.61. The molecule has 0 unspecified atom stereocenters. The molecule has 1 aliphatic rings. The predicted molar refractivity (Wildman–Crippen MR) is 77.5 cm³/mol. The SMILES string of the molecule is Cl.Oc1ccc2ccccc2c1[C@@H]1CCCCN1. The molecule has 0 aromatic heterocycles. The van der Waals surface area contributed by atoms with E-state index in [2.05, 4.69) is 17.4 Å². The molecule has 0 saturated carbocycles. The Kier molecular flexibility index (Phi) is 4.10. The van der Waals surface area contributed by atoms with E-state index in [-0.39, 0.29) is 12.4 Å². The molecule has 1 saturated heterocycles. The topological polar surface area (TPSA) is 32.3 Å². The molecule has 18 heavy (non-hydrogen) atoms. The van der Waals surface area contributed by atoms with Gasteiger partial charge in [-0.3, -0.25) is 0 Å². The van der Waals surface area contributed by atoms with Crippen LogP contribution in [0.1, 0.15) is 30.9 Å². The number of benzene rings is 2. The molecule has 96 valence electrons. The van der Waals surface area contributed by atoms with E-state index in [1.165, 1.54) is 23.6 Å². The second-order valence-electron chi connectivity index (χ2n) is 4.72. The van der Waals surface area contributed by atoms with Crippen LogP contribution in [-0.4, -0.2) is 11.7 Å². The molecule has 2 N–H and O–H groups in total. The Hall–Kier alpha value is -1.25. The largest absolute Gasteiger partial charge is 0.508 e. The lowest BCUT2D eigenvalue weighted by Crippen LogP contribution is -2.26. The van der Waals surface area contributed by atoms with Crippen molar-refractivity contribution in [2.75, 3.05) is 6.54 Å². The summed E-state index contributed by atoms with van der Waals surface area (Å²) >= 11 is 0. The fraction of sp³-hybridized carbons (Fsp3) is 0.333. The maximum Gasteiger partial charge on any atom is 0.120 e. The number of fused-ring (bicyclic) bond motifs is 1. The van der Waals surface area contributed by atoms with Gasteiger partial charge in [0.25, 0.3) is 0 Å². The highest BCUT2D eigenvalue weighted by Crippen LogP contribution is 2.35. The van der Waals surface area contributed by atoms with Gasteiger partial charge in [0.1, 0.15) is 5.75 Å². The minimum absolute atomic E-state index is 0. The Morgan fingerprint density at radius 3 is 2.67 bits per heavy atom.